The van der Waals surface area contributed by atoms with Gasteiger partial charge >= 0.3 is 5.97 Å². The Labute approximate surface area is 74.3 Å². The van der Waals surface area contributed by atoms with E-state index < -0.39 is 5.97 Å². The number of hydrogen-bond donors (Lipinski definition) is 1. The van der Waals surface area contributed by atoms with E-state index in [0.717, 1.165) is 19.3 Å². The molecule has 2 nitrogen and oxygen atoms in total. The highest BCUT2D eigenvalue weighted by molar-refractivity contribution is 5.70. The third kappa shape index (κ3) is 4.94. The number of allylic oxidation sites excluding steroid dienone is 2. The predicted octanol–water partition coefficient (Wildman–Crippen LogP) is 2.84. The Kier molecular flexibility index (Phi) is 6.44. The van der Waals surface area contributed by atoms with Gasteiger partial charge in [-0.05, 0) is 19.3 Å². The van der Waals surface area contributed by atoms with Crippen molar-refractivity contribution in [2.45, 2.75) is 39.5 Å². The second-order valence-electron chi connectivity index (χ2n) is 2.94. The van der Waals surface area contributed by atoms with Crippen LogP contribution in [0.5, 0.6) is 0 Å². The molecule has 1 atom stereocenters. The first-order chi connectivity index (χ1) is 5.72. The fraction of sp³-hybridized carbons (Fsp3) is 0.700. The summed E-state index contributed by atoms with van der Waals surface area (Å²) in [4.78, 5) is 10.6. The Balaban J connectivity index is 3.78. The van der Waals surface area contributed by atoms with Gasteiger partial charge in [0.05, 0.1) is 5.92 Å². The Morgan fingerprint density at radius 2 is 2.08 bits per heavy atom. The molecule has 0 saturated carbocycles. The molecule has 1 unspecified atom stereocenters. The van der Waals surface area contributed by atoms with Crippen molar-refractivity contribution in [3.8, 4) is 0 Å². The lowest BCUT2D eigenvalue weighted by molar-refractivity contribution is -0.141. The van der Waals surface area contributed by atoms with Gasteiger partial charge in [-0.3, -0.25) is 4.79 Å². The van der Waals surface area contributed by atoms with Crippen molar-refractivity contribution in [1.29, 1.82) is 0 Å². The van der Waals surface area contributed by atoms with E-state index >= 15 is 0 Å². The third-order valence-corrected chi connectivity index (χ3v) is 1.81. The fourth-order valence-electron chi connectivity index (χ4n) is 1.12. The minimum absolute atomic E-state index is 0.183. The minimum Gasteiger partial charge on any atom is -0.481 e. The topological polar surface area (TPSA) is 37.3 Å². The summed E-state index contributed by atoms with van der Waals surface area (Å²) in [5, 5.41) is 8.77. The highest BCUT2D eigenvalue weighted by Crippen LogP contribution is 2.11. The average Bonchev–Trinajstić information content (AvgIpc) is 2.03. The van der Waals surface area contributed by atoms with E-state index in [-0.39, 0.29) is 5.92 Å². The lowest BCUT2D eigenvalue weighted by Crippen LogP contribution is -2.12. The molecule has 0 radical (unpaired) electrons. The van der Waals surface area contributed by atoms with Crippen molar-refractivity contribution in [3.05, 3.63) is 12.2 Å². The zero-order valence-corrected chi connectivity index (χ0v) is 7.92. The number of carboxylic acid groups (broad SMARTS) is 1. The average molecular weight is 170 g/mol. The lowest BCUT2D eigenvalue weighted by Gasteiger charge is -2.06. The Bertz CT molecular complexity index is 150. The van der Waals surface area contributed by atoms with Crippen molar-refractivity contribution < 1.29 is 9.90 Å². The van der Waals surface area contributed by atoms with E-state index in [2.05, 4.69) is 0 Å². The summed E-state index contributed by atoms with van der Waals surface area (Å²) in [6.45, 7) is 4.06. The van der Waals surface area contributed by atoms with E-state index in [4.69, 9.17) is 5.11 Å². The Morgan fingerprint density at radius 1 is 1.42 bits per heavy atom. The van der Waals surface area contributed by atoms with Crippen molar-refractivity contribution in [3.63, 3.8) is 0 Å². The van der Waals surface area contributed by atoms with E-state index in [1.54, 1.807) is 0 Å². The van der Waals surface area contributed by atoms with Crippen LogP contribution in [0.4, 0.5) is 0 Å². The van der Waals surface area contributed by atoms with Gasteiger partial charge in [-0.1, -0.05) is 32.4 Å². The minimum atomic E-state index is -0.669. The largest absolute Gasteiger partial charge is 0.481 e. The van der Waals surface area contributed by atoms with Crippen LogP contribution in [0.3, 0.4) is 0 Å². The molecule has 0 saturated heterocycles. The SMILES string of the molecule is CC/C=C/CC(CCC)C(=O)O. The second kappa shape index (κ2) is 6.89. The van der Waals surface area contributed by atoms with Crippen molar-refractivity contribution in [2.75, 3.05) is 0 Å². The number of aliphatic carboxylic acids is 1. The van der Waals surface area contributed by atoms with Gasteiger partial charge in [0.15, 0.2) is 0 Å². The number of carbonyl (C=O) groups is 1. The quantitative estimate of drug-likeness (QED) is 0.622. The third-order valence-electron chi connectivity index (χ3n) is 1.81. The van der Waals surface area contributed by atoms with Gasteiger partial charge in [0.2, 0.25) is 0 Å². The van der Waals surface area contributed by atoms with Crippen molar-refractivity contribution in [1.82, 2.24) is 0 Å². The molecular formula is C10H18O2. The molecule has 0 aromatic heterocycles. The van der Waals surface area contributed by atoms with Crippen LogP contribution in [0, 0.1) is 5.92 Å². The molecule has 0 fully saturated rings. The molecule has 0 aliphatic heterocycles. The maximum absolute atomic E-state index is 10.6. The molecule has 0 aliphatic carbocycles. The van der Waals surface area contributed by atoms with Crippen LogP contribution < -0.4 is 0 Å². The van der Waals surface area contributed by atoms with Crippen LogP contribution in [0.25, 0.3) is 0 Å². The van der Waals surface area contributed by atoms with Crippen LogP contribution in [-0.2, 0) is 4.79 Å². The molecule has 0 amide bonds. The van der Waals surface area contributed by atoms with Crippen molar-refractivity contribution >= 4 is 5.97 Å². The van der Waals surface area contributed by atoms with Gasteiger partial charge in [0, 0.05) is 0 Å². The van der Waals surface area contributed by atoms with E-state index in [1.165, 1.54) is 0 Å². The highest BCUT2D eigenvalue weighted by Gasteiger charge is 2.13. The van der Waals surface area contributed by atoms with Gasteiger partial charge in [-0.2, -0.15) is 0 Å². The molecule has 0 aliphatic rings. The van der Waals surface area contributed by atoms with Gasteiger partial charge in [0.25, 0.3) is 0 Å². The van der Waals surface area contributed by atoms with Crippen molar-refractivity contribution in [2.24, 2.45) is 5.92 Å². The molecule has 0 aromatic carbocycles. The molecular weight excluding hydrogens is 152 g/mol. The molecule has 0 spiro atoms. The summed E-state index contributed by atoms with van der Waals surface area (Å²) < 4.78 is 0. The molecule has 0 aromatic rings. The second-order valence-corrected chi connectivity index (χ2v) is 2.94. The van der Waals surface area contributed by atoms with Gasteiger partial charge < -0.3 is 5.11 Å². The predicted molar refractivity (Wildman–Crippen MR) is 50.1 cm³/mol. The summed E-state index contributed by atoms with van der Waals surface area (Å²) in [6, 6.07) is 0. The molecule has 1 N–H and O–H groups in total. The molecule has 0 rings (SSSR count). The first kappa shape index (κ1) is 11.2. The molecule has 12 heavy (non-hydrogen) atoms. The van der Waals surface area contributed by atoms with Gasteiger partial charge in [-0.25, -0.2) is 0 Å². The molecule has 0 bridgehead atoms. The van der Waals surface area contributed by atoms with Crippen LogP contribution in [-0.4, -0.2) is 11.1 Å². The first-order valence-electron chi connectivity index (χ1n) is 4.60. The first-order valence-corrected chi connectivity index (χ1v) is 4.60. The van der Waals surface area contributed by atoms with Gasteiger partial charge in [-0.15, -0.1) is 0 Å². The number of rotatable bonds is 6. The smallest absolute Gasteiger partial charge is 0.306 e. The monoisotopic (exact) mass is 170 g/mol. The highest BCUT2D eigenvalue weighted by atomic mass is 16.4. The summed E-state index contributed by atoms with van der Waals surface area (Å²) in [5.41, 5.74) is 0. The molecule has 2 heteroatoms. The van der Waals surface area contributed by atoms with Crippen LogP contribution >= 0.6 is 0 Å². The van der Waals surface area contributed by atoms with E-state index in [1.807, 2.05) is 26.0 Å². The van der Waals surface area contributed by atoms with Crippen LogP contribution in [0.15, 0.2) is 12.2 Å². The number of carboxylic acids is 1. The zero-order chi connectivity index (χ0) is 9.40. The summed E-state index contributed by atoms with van der Waals surface area (Å²) in [6.07, 6.45) is 7.37. The van der Waals surface area contributed by atoms with Crippen LogP contribution in [0.1, 0.15) is 39.5 Å². The van der Waals surface area contributed by atoms with Crippen LogP contribution in [0.2, 0.25) is 0 Å². The summed E-state index contributed by atoms with van der Waals surface area (Å²) in [7, 11) is 0. The summed E-state index contributed by atoms with van der Waals surface area (Å²) >= 11 is 0. The Hall–Kier alpha value is -0.790. The number of hydrogen-bond acceptors (Lipinski definition) is 1. The fourth-order valence-corrected chi connectivity index (χ4v) is 1.12. The maximum Gasteiger partial charge on any atom is 0.306 e. The van der Waals surface area contributed by atoms with E-state index in [0.29, 0.717) is 6.42 Å². The zero-order valence-electron chi connectivity index (χ0n) is 7.92. The standard InChI is InChI=1S/C10H18O2/c1-3-5-6-8-9(7-4-2)10(11)12/h5-6,9H,3-4,7-8H2,1-2H3,(H,11,12)/b6-5+. The van der Waals surface area contributed by atoms with E-state index in [9.17, 15) is 4.79 Å². The maximum atomic E-state index is 10.6. The Morgan fingerprint density at radius 3 is 2.50 bits per heavy atom. The lowest BCUT2D eigenvalue weighted by atomic mass is 10.00. The normalized spacial score (nSPS) is 13.5. The molecule has 70 valence electrons. The molecule has 0 heterocycles. The van der Waals surface area contributed by atoms with Gasteiger partial charge in [0.1, 0.15) is 0 Å². The summed E-state index contributed by atoms with van der Waals surface area (Å²) in [5.74, 6) is -0.851.